The summed E-state index contributed by atoms with van der Waals surface area (Å²) in [5.74, 6) is 1.62. The van der Waals surface area contributed by atoms with Crippen LogP contribution >= 0.6 is 0 Å². The maximum absolute atomic E-state index is 12.8. The monoisotopic (exact) mass is 362 g/mol. The van der Waals surface area contributed by atoms with E-state index in [1.807, 2.05) is 38.1 Å². The number of para-hydroxylation sites is 1. The first-order chi connectivity index (χ1) is 13.1. The molecule has 0 spiro atoms. The minimum absolute atomic E-state index is 0.0248. The van der Waals surface area contributed by atoms with Crippen molar-refractivity contribution in [2.24, 2.45) is 5.92 Å². The molecule has 27 heavy (non-hydrogen) atoms. The largest absolute Gasteiger partial charge is 0.497 e. The minimum atomic E-state index is -0.0248. The van der Waals surface area contributed by atoms with Crippen LogP contribution in [0.3, 0.4) is 0 Å². The summed E-state index contributed by atoms with van der Waals surface area (Å²) < 4.78 is 5.30. The molecule has 1 amide bonds. The molecule has 4 heteroatoms. The van der Waals surface area contributed by atoms with Gasteiger partial charge in [0.05, 0.1) is 24.4 Å². The fourth-order valence-electron chi connectivity index (χ4n) is 4.29. The van der Waals surface area contributed by atoms with Gasteiger partial charge in [-0.05, 0) is 55.5 Å². The third kappa shape index (κ3) is 3.20. The van der Waals surface area contributed by atoms with Crippen molar-refractivity contribution in [3.8, 4) is 5.75 Å². The number of carbonyl (C=O) groups excluding carboxylic acids is 1. The second-order valence-electron chi connectivity index (χ2n) is 7.65. The summed E-state index contributed by atoms with van der Waals surface area (Å²) in [6, 6.07) is 14.6. The van der Waals surface area contributed by atoms with Crippen molar-refractivity contribution in [1.29, 1.82) is 0 Å². The second-order valence-corrected chi connectivity index (χ2v) is 7.65. The van der Waals surface area contributed by atoms with Crippen molar-refractivity contribution in [2.75, 3.05) is 12.4 Å². The Kier molecular flexibility index (Phi) is 4.65. The lowest BCUT2D eigenvalue weighted by molar-refractivity contribution is 0.0943. The van der Waals surface area contributed by atoms with E-state index in [2.05, 4.69) is 41.0 Å². The van der Waals surface area contributed by atoms with Crippen molar-refractivity contribution in [3.63, 3.8) is 0 Å². The zero-order chi connectivity index (χ0) is 19.0. The maximum atomic E-state index is 12.8. The number of hydrogen-bond donors (Lipinski definition) is 2. The molecule has 3 unspecified atom stereocenters. The normalized spacial score (nSPS) is 22.7. The average molecular weight is 362 g/mol. The van der Waals surface area contributed by atoms with Gasteiger partial charge in [-0.1, -0.05) is 36.4 Å². The number of allylic oxidation sites excluding steroid dienone is 2. The third-order valence-corrected chi connectivity index (χ3v) is 5.54. The number of amides is 1. The van der Waals surface area contributed by atoms with Gasteiger partial charge in [0, 0.05) is 12.0 Å². The average Bonchev–Trinajstić information content (AvgIpc) is 3.16. The summed E-state index contributed by atoms with van der Waals surface area (Å²) in [4.78, 5) is 12.8. The van der Waals surface area contributed by atoms with Gasteiger partial charge in [-0.15, -0.1) is 0 Å². The predicted octanol–water partition coefficient (Wildman–Crippen LogP) is 4.66. The molecule has 2 aromatic carbocycles. The molecule has 2 aromatic rings. The molecule has 4 nitrogen and oxygen atoms in total. The van der Waals surface area contributed by atoms with Crippen molar-refractivity contribution < 1.29 is 9.53 Å². The number of carbonyl (C=O) groups is 1. The van der Waals surface area contributed by atoms with Crippen LogP contribution in [-0.4, -0.2) is 19.1 Å². The smallest absolute Gasteiger partial charge is 0.253 e. The van der Waals surface area contributed by atoms with Gasteiger partial charge in [0.2, 0.25) is 0 Å². The van der Waals surface area contributed by atoms with Gasteiger partial charge < -0.3 is 15.4 Å². The zero-order valence-electron chi connectivity index (χ0n) is 16.0. The van der Waals surface area contributed by atoms with Gasteiger partial charge in [-0.3, -0.25) is 4.79 Å². The van der Waals surface area contributed by atoms with Crippen LogP contribution in [0.25, 0.3) is 0 Å². The first kappa shape index (κ1) is 17.7. The van der Waals surface area contributed by atoms with Crippen molar-refractivity contribution >= 4 is 11.6 Å². The molecule has 2 N–H and O–H groups in total. The fraction of sp³-hybridized carbons (Fsp3) is 0.348. The Hall–Kier alpha value is -2.75. The lowest BCUT2D eigenvalue weighted by Gasteiger charge is -2.38. The molecular weight excluding hydrogens is 336 g/mol. The van der Waals surface area contributed by atoms with Gasteiger partial charge in [0.25, 0.3) is 5.91 Å². The number of anilines is 1. The van der Waals surface area contributed by atoms with E-state index in [1.165, 1.54) is 11.1 Å². The molecule has 140 valence electrons. The van der Waals surface area contributed by atoms with Crippen LogP contribution in [0, 0.1) is 5.92 Å². The lowest BCUT2D eigenvalue weighted by atomic mass is 9.76. The van der Waals surface area contributed by atoms with E-state index in [0.717, 1.165) is 23.4 Å². The zero-order valence-corrected chi connectivity index (χ0v) is 16.0. The highest BCUT2D eigenvalue weighted by Crippen LogP contribution is 2.50. The standard InChI is InChI=1S/C23H26N2O2/c1-14(2)24-23(26)20-9-5-8-19-17-6-4-7-18(17)21(25-22(19)20)15-10-12-16(27-3)13-11-15/h4-6,8-14,17-18,21,25H,7H2,1-3H3,(H,24,26). The highest BCUT2D eigenvalue weighted by Gasteiger charge is 2.39. The molecule has 1 aliphatic heterocycles. The lowest BCUT2D eigenvalue weighted by Crippen LogP contribution is -2.34. The maximum Gasteiger partial charge on any atom is 0.253 e. The second kappa shape index (κ2) is 7.10. The molecule has 0 fully saturated rings. The van der Waals surface area contributed by atoms with E-state index < -0.39 is 0 Å². The van der Waals surface area contributed by atoms with Gasteiger partial charge in [-0.25, -0.2) is 0 Å². The van der Waals surface area contributed by atoms with E-state index in [4.69, 9.17) is 4.74 Å². The van der Waals surface area contributed by atoms with E-state index >= 15 is 0 Å². The number of benzene rings is 2. The summed E-state index contributed by atoms with van der Waals surface area (Å²) in [6.07, 6.45) is 5.60. The molecule has 1 aliphatic carbocycles. The van der Waals surface area contributed by atoms with E-state index in [9.17, 15) is 4.79 Å². The van der Waals surface area contributed by atoms with E-state index in [0.29, 0.717) is 11.8 Å². The third-order valence-electron chi connectivity index (χ3n) is 5.54. The molecule has 4 rings (SSSR count). The highest BCUT2D eigenvalue weighted by atomic mass is 16.5. The first-order valence-electron chi connectivity index (χ1n) is 9.59. The minimum Gasteiger partial charge on any atom is -0.497 e. The van der Waals surface area contributed by atoms with Crippen LogP contribution in [0.15, 0.2) is 54.6 Å². The van der Waals surface area contributed by atoms with Crippen LogP contribution in [0.5, 0.6) is 5.75 Å². The van der Waals surface area contributed by atoms with Crippen molar-refractivity contribution in [2.45, 2.75) is 38.3 Å². The quantitative estimate of drug-likeness (QED) is 0.778. The number of fused-ring (bicyclic) bond motifs is 3. The highest BCUT2D eigenvalue weighted by molar-refractivity contribution is 6.01. The Bertz CT molecular complexity index is 870. The van der Waals surface area contributed by atoms with Crippen LogP contribution in [0.4, 0.5) is 5.69 Å². The van der Waals surface area contributed by atoms with Crippen molar-refractivity contribution in [3.05, 3.63) is 71.3 Å². The van der Waals surface area contributed by atoms with Crippen LogP contribution in [0.1, 0.15) is 53.7 Å². The number of nitrogens with one attached hydrogen (secondary N) is 2. The first-order valence-corrected chi connectivity index (χ1v) is 9.59. The Balaban J connectivity index is 1.74. The van der Waals surface area contributed by atoms with Crippen LogP contribution < -0.4 is 15.4 Å². The number of rotatable bonds is 4. The topological polar surface area (TPSA) is 50.4 Å². The van der Waals surface area contributed by atoms with Gasteiger partial charge in [-0.2, -0.15) is 0 Å². The Morgan fingerprint density at radius 3 is 2.67 bits per heavy atom. The van der Waals surface area contributed by atoms with Gasteiger partial charge >= 0.3 is 0 Å². The van der Waals surface area contributed by atoms with Crippen LogP contribution in [-0.2, 0) is 0 Å². The summed E-state index contributed by atoms with van der Waals surface area (Å²) >= 11 is 0. The van der Waals surface area contributed by atoms with Crippen LogP contribution in [0.2, 0.25) is 0 Å². The Morgan fingerprint density at radius 2 is 1.96 bits per heavy atom. The molecule has 0 saturated carbocycles. The predicted molar refractivity (Wildman–Crippen MR) is 108 cm³/mol. The molecule has 2 aliphatic rings. The molecule has 1 heterocycles. The summed E-state index contributed by atoms with van der Waals surface area (Å²) in [7, 11) is 1.68. The molecule has 0 bridgehead atoms. The molecular formula is C23H26N2O2. The summed E-state index contributed by atoms with van der Waals surface area (Å²) in [5.41, 5.74) is 4.12. The van der Waals surface area contributed by atoms with E-state index in [1.54, 1.807) is 7.11 Å². The Labute approximate surface area is 160 Å². The fourth-order valence-corrected chi connectivity index (χ4v) is 4.29. The Morgan fingerprint density at radius 1 is 1.19 bits per heavy atom. The van der Waals surface area contributed by atoms with E-state index in [-0.39, 0.29) is 18.0 Å². The van der Waals surface area contributed by atoms with Crippen molar-refractivity contribution in [1.82, 2.24) is 5.32 Å². The summed E-state index contributed by atoms with van der Waals surface area (Å²) in [6.45, 7) is 3.97. The number of methoxy groups -OCH3 is 1. The number of ether oxygens (including phenoxy) is 1. The van der Waals surface area contributed by atoms with Gasteiger partial charge in [0.15, 0.2) is 0 Å². The molecule has 0 radical (unpaired) electrons. The number of hydrogen-bond acceptors (Lipinski definition) is 3. The molecule has 0 aromatic heterocycles. The molecule has 0 saturated heterocycles. The summed E-state index contributed by atoms with van der Waals surface area (Å²) in [5, 5.41) is 6.73. The molecule has 3 atom stereocenters. The SMILES string of the molecule is COc1ccc(C2Nc3c(C(=O)NC(C)C)cccc3C3C=CCC32)cc1. The van der Waals surface area contributed by atoms with Gasteiger partial charge in [0.1, 0.15) is 5.75 Å².